The maximum atomic E-state index is 12.2. The third-order valence-corrected chi connectivity index (χ3v) is 4.59. The fourth-order valence-corrected chi connectivity index (χ4v) is 3.13. The second-order valence-electron chi connectivity index (χ2n) is 6.61. The molecule has 0 saturated carbocycles. The quantitative estimate of drug-likeness (QED) is 0.321. The number of unbranched alkanes of at least 4 members (excludes halogenated alkanes) is 2. The van der Waals surface area contributed by atoms with Gasteiger partial charge < -0.3 is 5.32 Å². The Morgan fingerprint density at radius 1 is 0.778 bits per heavy atom. The summed E-state index contributed by atoms with van der Waals surface area (Å²) in [6.45, 7) is 0.612. The van der Waals surface area contributed by atoms with Crippen LogP contribution in [0.1, 0.15) is 55.6 Å². The molecule has 2 rings (SSSR count). The van der Waals surface area contributed by atoms with Crippen molar-refractivity contribution < 1.29 is 14.8 Å². The Morgan fingerprint density at radius 3 is 1.93 bits per heavy atom. The normalized spacial score (nSPS) is 10.6. The summed E-state index contributed by atoms with van der Waals surface area (Å²) in [4.78, 5) is 23.1. The number of carbonyl (C=O) groups excluding carboxylic acids is 2. The molecule has 0 aliphatic carbocycles. The zero-order chi connectivity index (χ0) is 19.3. The maximum absolute atomic E-state index is 12.2. The molecule has 2 aromatic carbocycles. The Bertz CT molecular complexity index is 650. The zero-order valence-corrected chi connectivity index (χ0v) is 15.6. The van der Waals surface area contributed by atoms with Gasteiger partial charge in [-0.1, -0.05) is 67.1 Å². The number of benzene rings is 2. The molecule has 27 heavy (non-hydrogen) atoms. The number of amides is 2. The summed E-state index contributed by atoms with van der Waals surface area (Å²) in [5.74, 6) is -0.109. The van der Waals surface area contributed by atoms with E-state index in [-0.39, 0.29) is 17.7 Å². The first-order valence-electron chi connectivity index (χ1n) is 9.50. The van der Waals surface area contributed by atoms with Crippen molar-refractivity contribution in [3.63, 3.8) is 0 Å². The number of hydrogen-bond donors (Lipinski definition) is 3. The van der Waals surface area contributed by atoms with Crippen molar-refractivity contribution in [3.05, 3.63) is 71.8 Å². The lowest BCUT2D eigenvalue weighted by Gasteiger charge is -2.18. The van der Waals surface area contributed by atoms with Crippen LogP contribution in [0.5, 0.6) is 0 Å². The van der Waals surface area contributed by atoms with Gasteiger partial charge in [0.05, 0.1) is 0 Å². The van der Waals surface area contributed by atoms with Gasteiger partial charge in [0.25, 0.3) is 0 Å². The van der Waals surface area contributed by atoms with Crippen molar-refractivity contribution in [1.82, 2.24) is 10.8 Å². The SMILES string of the molecule is O=C(CCCCCNC(=O)CCC(c1ccccc1)c1ccccc1)NO. The van der Waals surface area contributed by atoms with Crippen LogP contribution in [-0.2, 0) is 9.59 Å². The van der Waals surface area contributed by atoms with Crippen LogP contribution in [0, 0.1) is 0 Å². The van der Waals surface area contributed by atoms with E-state index in [0.29, 0.717) is 25.8 Å². The molecule has 5 heteroatoms. The van der Waals surface area contributed by atoms with Crippen molar-refractivity contribution in [3.8, 4) is 0 Å². The molecule has 0 aliphatic heterocycles. The van der Waals surface area contributed by atoms with Crippen LogP contribution in [0.4, 0.5) is 0 Å². The number of nitrogens with one attached hydrogen (secondary N) is 2. The van der Waals surface area contributed by atoms with Crippen LogP contribution in [0.2, 0.25) is 0 Å². The van der Waals surface area contributed by atoms with Crippen molar-refractivity contribution in [1.29, 1.82) is 0 Å². The minimum Gasteiger partial charge on any atom is -0.356 e. The van der Waals surface area contributed by atoms with E-state index >= 15 is 0 Å². The van der Waals surface area contributed by atoms with E-state index in [1.165, 1.54) is 11.1 Å². The lowest BCUT2D eigenvalue weighted by molar-refractivity contribution is -0.129. The zero-order valence-electron chi connectivity index (χ0n) is 15.6. The van der Waals surface area contributed by atoms with Crippen LogP contribution in [0.3, 0.4) is 0 Å². The summed E-state index contributed by atoms with van der Waals surface area (Å²) >= 11 is 0. The molecule has 0 fully saturated rings. The number of hydrogen-bond acceptors (Lipinski definition) is 3. The fourth-order valence-electron chi connectivity index (χ4n) is 3.13. The molecule has 144 valence electrons. The summed E-state index contributed by atoms with van der Waals surface area (Å²) in [7, 11) is 0. The van der Waals surface area contributed by atoms with E-state index in [1.54, 1.807) is 5.48 Å². The van der Waals surface area contributed by atoms with Crippen molar-refractivity contribution in [2.45, 2.75) is 44.4 Å². The predicted octanol–water partition coefficient (Wildman–Crippen LogP) is 3.78. The molecule has 0 aliphatic rings. The van der Waals surface area contributed by atoms with Crippen molar-refractivity contribution in [2.75, 3.05) is 6.54 Å². The van der Waals surface area contributed by atoms with E-state index in [2.05, 4.69) is 29.6 Å². The van der Waals surface area contributed by atoms with E-state index in [9.17, 15) is 9.59 Å². The Labute approximate surface area is 160 Å². The molecular formula is C22H28N2O3. The largest absolute Gasteiger partial charge is 0.356 e. The molecule has 5 nitrogen and oxygen atoms in total. The van der Waals surface area contributed by atoms with Crippen LogP contribution in [0.25, 0.3) is 0 Å². The highest BCUT2D eigenvalue weighted by Crippen LogP contribution is 2.28. The summed E-state index contributed by atoms with van der Waals surface area (Å²) < 4.78 is 0. The van der Waals surface area contributed by atoms with Gasteiger partial charge in [0.1, 0.15) is 0 Å². The highest BCUT2D eigenvalue weighted by Gasteiger charge is 2.15. The van der Waals surface area contributed by atoms with Gasteiger partial charge in [-0.05, 0) is 30.4 Å². The molecule has 2 amide bonds. The molecule has 2 aromatic rings. The lowest BCUT2D eigenvalue weighted by atomic mass is 9.87. The minimum absolute atomic E-state index is 0.0555. The second kappa shape index (κ2) is 11.9. The van der Waals surface area contributed by atoms with Crippen molar-refractivity contribution >= 4 is 11.8 Å². The highest BCUT2D eigenvalue weighted by molar-refractivity contribution is 5.76. The highest BCUT2D eigenvalue weighted by atomic mass is 16.5. The molecule has 0 bridgehead atoms. The smallest absolute Gasteiger partial charge is 0.243 e. The third-order valence-electron chi connectivity index (χ3n) is 4.59. The maximum Gasteiger partial charge on any atom is 0.243 e. The average molecular weight is 368 g/mol. The molecule has 0 unspecified atom stereocenters. The minimum atomic E-state index is -0.369. The Kier molecular flexibility index (Phi) is 9.07. The Balaban J connectivity index is 1.76. The molecule has 0 aromatic heterocycles. The number of carbonyl (C=O) groups is 2. The van der Waals surface area contributed by atoms with Gasteiger partial charge in [0.15, 0.2) is 0 Å². The summed E-state index contributed by atoms with van der Waals surface area (Å²) in [6, 6.07) is 20.6. The molecule has 0 atom stereocenters. The first kappa shape index (κ1) is 20.6. The van der Waals surface area contributed by atoms with E-state index in [0.717, 1.165) is 19.3 Å². The summed E-state index contributed by atoms with van der Waals surface area (Å²) in [6.07, 6.45) is 3.90. The molecular weight excluding hydrogens is 340 g/mol. The van der Waals surface area contributed by atoms with Gasteiger partial charge in [-0.25, -0.2) is 5.48 Å². The second-order valence-corrected chi connectivity index (χ2v) is 6.61. The van der Waals surface area contributed by atoms with Gasteiger partial charge in [-0.15, -0.1) is 0 Å². The summed E-state index contributed by atoms with van der Waals surface area (Å²) in [5, 5.41) is 11.4. The van der Waals surface area contributed by atoms with E-state index in [4.69, 9.17) is 5.21 Å². The van der Waals surface area contributed by atoms with Gasteiger partial charge in [0, 0.05) is 25.3 Å². The van der Waals surface area contributed by atoms with Crippen LogP contribution >= 0.6 is 0 Å². The lowest BCUT2D eigenvalue weighted by Crippen LogP contribution is -2.24. The topological polar surface area (TPSA) is 78.4 Å². The fraction of sp³-hybridized carbons (Fsp3) is 0.364. The number of rotatable bonds is 11. The van der Waals surface area contributed by atoms with Crippen LogP contribution in [0.15, 0.2) is 60.7 Å². The Morgan fingerprint density at radius 2 is 1.37 bits per heavy atom. The Hall–Kier alpha value is -2.66. The van der Waals surface area contributed by atoms with E-state index in [1.807, 2.05) is 36.4 Å². The van der Waals surface area contributed by atoms with Gasteiger partial charge in [-0.2, -0.15) is 0 Å². The van der Waals surface area contributed by atoms with E-state index < -0.39 is 0 Å². The van der Waals surface area contributed by atoms with Gasteiger partial charge >= 0.3 is 0 Å². The van der Waals surface area contributed by atoms with Gasteiger partial charge in [-0.3, -0.25) is 14.8 Å². The monoisotopic (exact) mass is 368 g/mol. The standard InChI is InChI=1S/C22H28N2O3/c25-21(23-17-9-3-8-14-22(26)24-27)16-15-20(18-10-4-1-5-11-18)19-12-6-2-7-13-19/h1-2,4-7,10-13,20,27H,3,8-9,14-17H2,(H,23,25)(H,24,26). The molecule has 0 spiro atoms. The van der Waals surface area contributed by atoms with Gasteiger partial charge in [0.2, 0.25) is 11.8 Å². The first-order valence-corrected chi connectivity index (χ1v) is 9.50. The number of hydroxylamine groups is 1. The average Bonchev–Trinajstić information content (AvgIpc) is 2.72. The van der Waals surface area contributed by atoms with Crippen molar-refractivity contribution in [2.24, 2.45) is 0 Å². The molecule has 0 saturated heterocycles. The van der Waals surface area contributed by atoms with Crippen LogP contribution in [-0.4, -0.2) is 23.6 Å². The predicted molar refractivity (Wildman–Crippen MR) is 105 cm³/mol. The van der Waals surface area contributed by atoms with Crippen LogP contribution < -0.4 is 10.8 Å². The third kappa shape index (κ3) is 7.62. The first-order chi connectivity index (χ1) is 13.2. The molecule has 0 radical (unpaired) electrons. The molecule has 0 heterocycles. The summed E-state index contributed by atoms with van der Waals surface area (Å²) in [5.41, 5.74) is 4.06. The molecule has 3 N–H and O–H groups in total.